The first-order chi connectivity index (χ1) is 23.2. The first-order valence-electron chi connectivity index (χ1n) is 16.1. The lowest BCUT2D eigenvalue weighted by atomic mass is 10.2. The number of benzene rings is 7. The molecule has 5 heteroatoms. The molecule has 7 rings (SSSR count). The summed E-state index contributed by atoms with van der Waals surface area (Å²) in [5, 5.41) is 8.40. The van der Waals surface area contributed by atoms with Crippen LogP contribution < -0.4 is 65.8 Å². The lowest BCUT2D eigenvalue weighted by Crippen LogP contribution is -3.00. The highest BCUT2D eigenvalue weighted by Crippen LogP contribution is 2.60. The highest BCUT2D eigenvalue weighted by atomic mass is 79.9. The molecule has 0 atom stereocenters. The predicted molar refractivity (Wildman–Crippen MR) is 212 cm³/mol. The van der Waals surface area contributed by atoms with E-state index in [-0.39, 0.29) is 34.0 Å². The van der Waals surface area contributed by atoms with Gasteiger partial charge in [-0.15, -0.1) is 0 Å². The van der Waals surface area contributed by atoms with Crippen molar-refractivity contribution in [1.29, 1.82) is 0 Å². The van der Waals surface area contributed by atoms with E-state index in [1.165, 1.54) is 47.4 Å². The van der Waals surface area contributed by atoms with Crippen LogP contribution in [0.25, 0.3) is 0 Å². The smallest absolute Gasteiger partial charge is 0.116 e. The van der Waals surface area contributed by atoms with Crippen molar-refractivity contribution in [3.63, 3.8) is 0 Å². The minimum atomic E-state index is -2.02. The predicted octanol–water partition coefficient (Wildman–Crippen LogP) is 3.45. The van der Waals surface area contributed by atoms with E-state index in [1.54, 1.807) is 0 Å². The van der Waals surface area contributed by atoms with Crippen molar-refractivity contribution in [1.82, 2.24) is 0 Å². The van der Waals surface area contributed by atoms with Crippen LogP contribution in [0.3, 0.4) is 0 Å². The van der Waals surface area contributed by atoms with E-state index in [0.29, 0.717) is 0 Å². The van der Waals surface area contributed by atoms with Gasteiger partial charge in [0.2, 0.25) is 0 Å². The quantitative estimate of drug-likeness (QED) is 0.185. The summed E-state index contributed by atoms with van der Waals surface area (Å²) in [7, 11) is -4.03. The second kappa shape index (κ2) is 17.2. The summed E-state index contributed by atoms with van der Waals surface area (Å²) in [5.41, 5.74) is 2.68. The number of hydrogen-bond donors (Lipinski definition) is 0. The van der Waals surface area contributed by atoms with Crippen molar-refractivity contribution >= 4 is 62.3 Å². The van der Waals surface area contributed by atoms with Crippen LogP contribution in [0.15, 0.2) is 205 Å². The normalized spacial score (nSPS) is 11.2. The first-order valence-corrected chi connectivity index (χ1v) is 20.8. The largest absolute Gasteiger partial charge is 1.00 e. The molecule has 7 aromatic carbocycles. The minimum absolute atomic E-state index is 0. The van der Waals surface area contributed by atoms with Crippen molar-refractivity contribution in [2.45, 2.75) is 12.3 Å². The molecule has 0 spiro atoms. The topological polar surface area (TPSA) is 0 Å². The molecule has 0 saturated carbocycles. The molecule has 0 heterocycles. The van der Waals surface area contributed by atoms with Crippen molar-refractivity contribution in [3.05, 3.63) is 216 Å². The summed E-state index contributed by atoms with van der Waals surface area (Å²) in [4.78, 5) is 0. The van der Waals surface area contributed by atoms with Crippen molar-refractivity contribution in [3.8, 4) is 0 Å². The lowest BCUT2D eigenvalue weighted by Gasteiger charge is -2.29. The molecule has 7 aromatic rings. The molecule has 0 N–H and O–H groups in total. The van der Waals surface area contributed by atoms with Crippen LogP contribution in [0.1, 0.15) is 11.1 Å². The molecular weight excluding hydrogens is 830 g/mol. The number of halogens is 3. The van der Waals surface area contributed by atoms with Gasteiger partial charge < -0.3 is 34.0 Å². The Morgan fingerprint density at radius 2 is 0.592 bits per heavy atom. The average Bonchev–Trinajstić information content (AvgIpc) is 3.16. The molecule has 0 aliphatic carbocycles. The van der Waals surface area contributed by atoms with E-state index in [4.69, 9.17) is 0 Å². The van der Waals surface area contributed by atoms with Gasteiger partial charge in [-0.3, -0.25) is 0 Å². The molecule has 0 aliphatic heterocycles. The Hall–Kier alpha value is -3.16. The Kier molecular flexibility index (Phi) is 13.0. The maximum atomic E-state index is 4.12. The third-order valence-electron chi connectivity index (χ3n) is 9.13. The van der Waals surface area contributed by atoms with E-state index < -0.39 is 14.5 Å². The van der Waals surface area contributed by atoms with Crippen molar-refractivity contribution in [2.24, 2.45) is 0 Å². The van der Waals surface area contributed by atoms with E-state index in [9.17, 15) is 0 Å². The molecule has 0 amide bonds. The zero-order chi connectivity index (χ0) is 31.9. The van der Waals surface area contributed by atoms with Crippen molar-refractivity contribution < 1.29 is 34.0 Å². The van der Waals surface area contributed by atoms with Gasteiger partial charge in [-0.25, -0.2) is 0 Å². The molecule has 0 saturated heterocycles. The fraction of sp³-hybridized carbons (Fsp3) is 0.0455. The second-order valence-corrected chi connectivity index (χ2v) is 19.7. The van der Waals surface area contributed by atoms with Crippen LogP contribution in [0.4, 0.5) is 0 Å². The molecule has 244 valence electrons. The molecule has 0 aliphatic rings. The van der Waals surface area contributed by atoms with Crippen molar-refractivity contribution in [2.75, 3.05) is 0 Å². The minimum Gasteiger partial charge on any atom is -1.00 e. The molecule has 0 nitrogen and oxygen atoms in total. The summed E-state index contributed by atoms with van der Waals surface area (Å²) in [6.07, 6.45) is 1.88. The fourth-order valence-electron chi connectivity index (χ4n) is 6.88. The Labute approximate surface area is 322 Å². The van der Waals surface area contributed by atoms with Crippen LogP contribution in [0.5, 0.6) is 0 Å². The summed E-state index contributed by atoms with van der Waals surface area (Å²) >= 11 is 4.12. The summed E-state index contributed by atoms with van der Waals surface area (Å²) in [5.74, 6) is 0. The van der Waals surface area contributed by atoms with E-state index in [2.05, 4.69) is 216 Å². The van der Waals surface area contributed by atoms with Gasteiger partial charge in [0.05, 0.1) is 12.3 Å². The van der Waals surface area contributed by atoms with Gasteiger partial charge >= 0.3 is 0 Å². The van der Waals surface area contributed by atoms with Gasteiger partial charge in [-0.1, -0.05) is 137 Å². The van der Waals surface area contributed by atoms with Gasteiger partial charge in [0.25, 0.3) is 0 Å². The number of hydrogen-bond acceptors (Lipinski definition) is 0. The average molecular weight is 867 g/mol. The van der Waals surface area contributed by atoms with Gasteiger partial charge in [0.15, 0.2) is 0 Å². The third-order valence-corrected chi connectivity index (χ3v) is 18.6. The van der Waals surface area contributed by atoms with E-state index >= 15 is 0 Å². The van der Waals surface area contributed by atoms with E-state index in [1.807, 2.05) is 0 Å². The van der Waals surface area contributed by atoms with Crippen LogP contribution in [-0.2, 0) is 12.3 Å². The monoisotopic (exact) mass is 864 g/mol. The van der Waals surface area contributed by atoms with Crippen LogP contribution in [0.2, 0.25) is 0 Å². The maximum absolute atomic E-state index is 4.12. The van der Waals surface area contributed by atoms with Crippen LogP contribution >= 0.6 is 30.5 Å². The van der Waals surface area contributed by atoms with Gasteiger partial charge in [-0.2, -0.15) is 0 Å². The second-order valence-electron chi connectivity index (χ2n) is 11.9. The number of rotatable bonds is 10. The molecule has 0 unspecified atom stereocenters. The third kappa shape index (κ3) is 7.63. The van der Waals surface area contributed by atoms with Gasteiger partial charge in [0, 0.05) is 10.0 Å². The highest BCUT2D eigenvalue weighted by Gasteiger charge is 2.47. The summed E-state index contributed by atoms with van der Waals surface area (Å²) in [6.45, 7) is 0. The molecule has 0 aromatic heterocycles. The Bertz CT molecular complexity index is 1830. The first kappa shape index (κ1) is 37.1. The highest BCUT2D eigenvalue weighted by molar-refractivity contribution is 9.10. The lowest BCUT2D eigenvalue weighted by molar-refractivity contribution is -0.00100. The Balaban J connectivity index is 0.00000234. The fourth-order valence-corrected chi connectivity index (χ4v) is 16.2. The molecule has 0 fully saturated rings. The molecular formula is C44H37Br3P2. The summed E-state index contributed by atoms with van der Waals surface area (Å²) in [6, 6.07) is 74.1. The van der Waals surface area contributed by atoms with Crippen LogP contribution in [0, 0.1) is 0 Å². The summed E-state index contributed by atoms with van der Waals surface area (Å²) < 4.78 is 1.18. The molecule has 49 heavy (non-hydrogen) atoms. The Morgan fingerprint density at radius 1 is 0.327 bits per heavy atom. The standard InChI is InChI=1S/C44H37BrP2.2BrH/c45-44-33-36(34-46(38-19-7-1-8-20-38,39-21-9-2-10-22-39)40-23-11-3-12-24-40)31-32-37(44)35-47(41-25-13-4-14-26-41,42-27-15-5-16-28-42)43-29-17-6-18-30-43;;/h1-33H,34-35H2;2*1H/q+2;;/p-2. The van der Waals surface area contributed by atoms with Crippen LogP contribution in [-0.4, -0.2) is 0 Å². The SMILES string of the molecule is Brc1cc(C[P+](c2ccccc2)(c2ccccc2)c2ccccc2)ccc1C[P+](c1ccccc1)(c1ccccc1)c1ccccc1.[Br-].[Br-]. The maximum Gasteiger partial charge on any atom is 0.116 e. The van der Waals surface area contributed by atoms with Gasteiger partial charge in [-0.05, 0) is 84.4 Å². The molecule has 0 radical (unpaired) electrons. The zero-order valence-corrected chi connectivity index (χ0v) is 33.5. The zero-order valence-electron chi connectivity index (χ0n) is 27.0. The Morgan fingerprint density at radius 3 is 0.857 bits per heavy atom. The molecule has 0 bridgehead atoms. The van der Waals surface area contributed by atoms with E-state index in [0.717, 1.165) is 12.3 Å². The van der Waals surface area contributed by atoms with Gasteiger partial charge in [0.1, 0.15) is 46.4 Å².